The van der Waals surface area contributed by atoms with Gasteiger partial charge >= 0.3 is 0 Å². The second-order valence-corrected chi connectivity index (χ2v) is 5.51. The number of aromatic nitrogens is 2. The van der Waals surface area contributed by atoms with E-state index in [1.54, 1.807) is 31.3 Å². The zero-order valence-corrected chi connectivity index (χ0v) is 13.0. The molecule has 3 rings (SSSR count). The number of nitrogens with two attached hydrogens (primary N) is 1. The third-order valence-corrected chi connectivity index (χ3v) is 3.70. The van der Waals surface area contributed by atoms with Gasteiger partial charge in [-0.1, -0.05) is 35.3 Å². The number of halogens is 2. The summed E-state index contributed by atoms with van der Waals surface area (Å²) in [5.41, 5.74) is 5.89. The minimum absolute atomic E-state index is 0.211. The molecule has 2 N–H and O–H groups in total. The van der Waals surface area contributed by atoms with Crippen molar-refractivity contribution in [3.8, 4) is 11.6 Å². The van der Waals surface area contributed by atoms with Gasteiger partial charge in [-0.25, -0.2) is 4.68 Å². The second-order valence-electron chi connectivity index (χ2n) is 4.70. The summed E-state index contributed by atoms with van der Waals surface area (Å²) in [4.78, 5) is 12.1. The van der Waals surface area contributed by atoms with Crippen molar-refractivity contribution in [2.45, 2.75) is 0 Å². The van der Waals surface area contributed by atoms with E-state index in [0.29, 0.717) is 16.5 Å². The minimum Gasteiger partial charge on any atom is -0.434 e. The van der Waals surface area contributed by atoms with Crippen LogP contribution in [0.5, 0.6) is 11.6 Å². The lowest BCUT2D eigenvalue weighted by molar-refractivity contribution is 0.448. The van der Waals surface area contributed by atoms with E-state index >= 15 is 0 Å². The molecule has 0 fully saturated rings. The quantitative estimate of drug-likeness (QED) is 0.726. The summed E-state index contributed by atoms with van der Waals surface area (Å²) in [6.07, 6.45) is 0. The largest absolute Gasteiger partial charge is 0.434 e. The third kappa shape index (κ3) is 2.49. The molecule has 0 unspecified atom stereocenters. The van der Waals surface area contributed by atoms with Gasteiger partial charge in [0.2, 0.25) is 5.88 Å². The van der Waals surface area contributed by atoms with Crippen molar-refractivity contribution in [3.05, 3.63) is 56.8 Å². The highest BCUT2D eigenvalue weighted by Crippen LogP contribution is 2.38. The molecular formula is C15H11Cl2N3O2. The molecular weight excluding hydrogens is 325 g/mol. The molecule has 0 bridgehead atoms. The van der Waals surface area contributed by atoms with Crippen LogP contribution >= 0.6 is 23.2 Å². The van der Waals surface area contributed by atoms with Crippen LogP contribution in [0.4, 0.5) is 5.69 Å². The minimum atomic E-state index is -0.211. The van der Waals surface area contributed by atoms with Gasteiger partial charge in [-0.2, -0.15) is 0 Å². The van der Waals surface area contributed by atoms with Crippen LogP contribution in [-0.4, -0.2) is 9.78 Å². The Bertz CT molecular complexity index is 915. The fourth-order valence-corrected chi connectivity index (χ4v) is 2.70. The molecule has 0 spiro atoms. The number of fused-ring (bicyclic) bond motifs is 1. The van der Waals surface area contributed by atoms with E-state index < -0.39 is 0 Å². The first-order valence-corrected chi connectivity index (χ1v) is 7.11. The standard InChI is InChI=1S/C15H11Cl2N3O2/c1-20-15(21)10-5-3-2-4-9(10)14(19-20)22-13-11(16)6-8(18)7-12(13)17/h2-7H,18H2,1H3. The number of aryl methyl sites for hydroxylation is 1. The Morgan fingerprint density at radius 3 is 2.36 bits per heavy atom. The number of rotatable bonds is 2. The lowest BCUT2D eigenvalue weighted by Gasteiger charge is -2.12. The molecule has 0 atom stereocenters. The first-order chi connectivity index (χ1) is 10.5. The maximum absolute atomic E-state index is 12.1. The molecule has 0 aliphatic heterocycles. The van der Waals surface area contributed by atoms with E-state index in [1.807, 2.05) is 0 Å². The van der Waals surface area contributed by atoms with Crippen molar-refractivity contribution in [2.75, 3.05) is 5.73 Å². The molecule has 22 heavy (non-hydrogen) atoms. The lowest BCUT2D eigenvalue weighted by atomic mass is 10.2. The summed E-state index contributed by atoms with van der Waals surface area (Å²) in [6.45, 7) is 0. The monoisotopic (exact) mass is 335 g/mol. The van der Waals surface area contributed by atoms with Gasteiger partial charge in [-0.15, -0.1) is 5.10 Å². The predicted octanol–water partition coefficient (Wildman–Crippen LogP) is 3.61. The van der Waals surface area contributed by atoms with Crippen LogP contribution in [0.2, 0.25) is 10.0 Å². The molecule has 5 nitrogen and oxygen atoms in total. The van der Waals surface area contributed by atoms with Gasteiger partial charge in [0.1, 0.15) is 0 Å². The zero-order valence-electron chi connectivity index (χ0n) is 11.5. The van der Waals surface area contributed by atoms with Gasteiger partial charge in [0.05, 0.1) is 20.8 Å². The van der Waals surface area contributed by atoms with Gasteiger partial charge < -0.3 is 10.5 Å². The smallest absolute Gasteiger partial charge is 0.274 e. The van der Waals surface area contributed by atoms with Crippen molar-refractivity contribution in [1.82, 2.24) is 9.78 Å². The molecule has 2 aromatic carbocycles. The summed E-state index contributed by atoms with van der Waals surface area (Å²) in [5, 5.41) is 5.75. The predicted molar refractivity (Wildman–Crippen MR) is 87.9 cm³/mol. The number of hydrogen-bond acceptors (Lipinski definition) is 4. The maximum Gasteiger partial charge on any atom is 0.274 e. The van der Waals surface area contributed by atoms with Crippen molar-refractivity contribution in [1.29, 1.82) is 0 Å². The first kappa shape index (κ1) is 14.7. The molecule has 0 saturated carbocycles. The van der Waals surface area contributed by atoms with E-state index in [4.69, 9.17) is 33.7 Å². The van der Waals surface area contributed by atoms with E-state index in [0.717, 1.165) is 0 Å². The van der Waals surface area contributed by atoms with Crippen LogP contribution in [0.15, 0.2) is 41.2 Å². The van der Waals surface area contributed by atoms with Gasteiger partial charge in [-0.3, -0.25) is 4.79 Å². The van der Waals surface area contributed by atoms with Crippen molar-refractivity contribution in [2.24, 2.45) is 7.05 Å². The van der Waals surface area contributed by atoms with Crippen LogP contribution in [0.1, 0.15) is 0 Å². The molecule has 112 valence electrons. The summed E-state index contributed by atoms with van der Waals surface area (Å²) < 4.78 is 6.96. The molecule has 7 heteroatoms. The molecule has 3 aromatic rings. The lowest BCUT2D eigenvalue weighted by Crippen LogP contribution is -2.20. The van der Waals surface area contributed by atoms with Crippen molar-refractivity contribution < 1.29 is 4.74 Å². The summed E-state index contributed by atoms with van der Waals surface area (Å²) in [6, 6.07) is 10.1. The number of nitrogens with zero attached hydrogens (tertiary/aromatic N) is 2. The average molecular weight is 336 g/mol. The Kier molecular flexibility index (Phi) is 3.68. The van der Waals surface area contributed by atoms with Crippen LogP contribution in [0, 0.1) is 0 Å². The second kappa shape index (κ2) is 5.51. The molecule has 0 aliphatic carbocycles. The first-order valence-electron chi connectivity index (χ1n) is 6.36. The van der Waals surface area contributed by atoms with Crippen LogP contribution in [-0.2, 0) is 7.05 Å². The Balaban J connectivity index is 2.21. The number of anilines is 1. The normalized spacial score (nSPS) is 10.9. The van der Waals surface area contributed by atoms with Crippen molar-refractivity contribution >= 4 is 39.7 Å². The van der Waals surface area contributed by atoms with Gasteiger partial charge in [0.15, 0.2) is 5.75 Å². The Labute approximate surface area is 135 Å². The molecule has 1 aromatic heterocycles. The highest BCUT2D eigenvalue weighted by Gasteiger charge is 2.15. The van der Waals surface area contributed by atoms with Crippen molar-refractivity contribution in [3.63, 3.8) is 0 Å². The molecule has 0 aliphatic rings. The number of benzene rings is 2. The number of hydrogen-bond donors (Lipinski definition) is 1. The molecule has 0 saturated heterocycles. The van der Waals surface area contributed by atoms with E-state index in [-0.39, 0.29) is 27.2 Å². The Morgan fingerprint density at radius 2 is 1.73 bits per heavy atom. The van der Waals surface area contributed by atoms with Crippen LogP contribution < -0.4 is 16.0 Å². The van der Waals surface area contributed by atoms with E-state index in [1.165, 1.54) is 16.8 Å². The molecule has 0 amide bonds. The fraction of sp³-hybridized carbons (Fsp3) is 0.0667. The van der Waals surface area contributed by atoms with E-state index in [2.05, 4.69) is 5.10 Å². The summed E-state index contributed by atoms with van der Waals surface area (Å²) >= 11 is 12.2. The Hall–Kier alpha value is -2.24. The maximum atomic E-state index is 12.1. The van der Waals surface area contributed by atoms with Gasteiger partial charge in [-0.05, 0) is 24.3 Å². The van der Waals surface area contributed by atoms with Gasteiger partial charge in [0.25, 0.3) is 5.56 Å². The SMILES string of the molecule is Cn1nc(Oc2c(Cl)cc(N)cc2Cl)c2ccccc2c1=O. The molecule has 1 heterocycles. The highest BCUT2D eigenvalue weighted by atomic mass is 35.5. The zero-order chi connectivity index (χ0) is 15.9. The summed E-state index contributed by atoms with van der Waals surface area (Å²) in [7, 11) is 1.55. The van der Waals surface area contributed by atoms with Crippen LogP contribution in [0.3, 0.4) is 0 Å². The average Bonchev–Trinajstić information content (AvgIpc) is 2.47. The van der Waals surface area contributed by atoms with Gasteiger partial charge in [0, 0.05) is 12.7 Å². The highest BCUT2D eigenvalue weighted by molar-refractivity contribution is 6.37. The topological polar surface area (TPSA) is 70.1 Å². The number of ether oxygens (including phenoxy) is 1. The van der Waals surface area contributed by atoms with Crippen LogP contribution in [0.25, 0.3) is 10.8 Å². The Morgan fingerprint density at radius 1 is 1.14 bits per heavy atom. The molecule has 0 radical (unpaired) electrons. The van der Waals surface area contributed by atoms with E-state index in [9.17, 15) is 4.79 Å². The number of nitrogen functional groups attached to an aromatic ring is 1. The summed E-state index contributed by atoms with van der Waals surface area (Å²) in [5.74, 6) is 0.486. The third-order valence-electron chi connectivity index (χ3n) is 3.14. The fourth-order valence-electron chi connectivity index (χ4n) is 2.12.